The summed E-state index contributed by atoms with van der Waals surface area (Å²) >= 11 is 4.66. The number of thioether (sulfide) groups is 1. The molecule has 2 aromatic heterocycles. The Morgan fingerprint density at radius 1 is 1.20 bits per heavy atom. The van der Waals surface area contributed by atoms with E-state index >= 15 is 0 Å². The standard InChI is InChI=1S/C21H24BrN5O2S/c1-4-15-6-9-17(10-7-15)29-14(3)20-25-26-21(27(20)5-2)30-13-19(28)24-18-11-8-16(22)12-23-18/h6-12,14H,4-5,13H2,1-3H3,(H,23,24,28). The van der Waals surface area contributed by atoms with Gasteiger partial charge in [-0.2, -0.15) is 0 Å². The van der Waals surface area contributed by atoms with Gasteiger partial charge in [-0.15, -0.1) is 10.2 Å². The second kappa shape index (κ2) is 10.6. The molecule has 30 heavy (non-hydrogen) atoms. The van der Waals surface area contributed by atoms with E-state index in [4.69, 9.17) is 4.74 Å². The van der Waals surface area contributed by atoms with E-state index in [2.05, 4.69) is 55.5 Å². The van der Waals surface area contributed by atoms with Crippen LogP contribution in [0.1, 0.15) is 38.3 Å². The van der Waals surface area contributed by atoms with E-state index in [-0.39, 0.29) is 17.8 Å². The third kappa shape index (κ3) is 5.82. The molecular formula is C21H24BrN5O2S. The van der Waals surface area contributed by atoms with Crippen LogP contribution >= 0.6 is 27.7 Å². The van der Waals surface area contributed by atoms with E-state index in [1.807, 2.05) is 36.6 Å². The number of aryl methyl sites for hydroxylation is 1. The summed E-state index contributed by atoms with van der Waals surface area (Å²) in [5, 5.41) is 12.0. The number of nitrogens with one attached hydrogen (secondary N) is 1. The van der Waals surface area contributed by atoms with E-state index in [1.54, 1.807) is 12.3 Å². The first-order chi connectivity index (χ1) is 14.5. The van der Waals surface area contributed by atoms with Gasteiger partial charge in [-0.25, -0.2) is 4.98 Å². The molecule has 0 aliphatic heterocycles. The van der Waals surface area contributed by atoms with Gasteiger partial charge in [0, 0.05) is 17.2 Å². The summed E-state index contributed by atoms with van der Waals surface area (Å²) < 4.78 is 8.88. The number of aromatic nitrogens is 4. The highest BCUT2D eigenvalue weighted by molar-refractivity contribution is 9.10. The first-order valence-electron chi connectivity index (χ1n) is 9.73. The molecule has 0 saturated carbocycles. The molecule has 7 nitrogen and oxygen atoms in total. The number of rotatable bonds is 9. The Bertz CT molecular complexity index is 976. The maximum Gasteiger partial charge on any atom is 0.236 e. The summed E-state index contributed by atoms with van der Waals surface area (Å²) in [6, 6.07) is 11.6. The van der Waals surface area contributed by atoms with Crippen LogP contribution in [0.5, 0.6) is 5.75 Å². The van der Waals surface area contributed by atoms with E-state index < -0.39 is 0 Å². The highest BCUT2D eigenvalue weighted by atomic mass is 79.9. The van der Waals surface area contributed by atoms with Gasteiger partial charge in [-0.1, -0.05) is 30.8 Å². The number of halogens is 1. The molecule has 1 atom stereocenters. The summed E-state index contributed by atoms with van der Waals surface area (Å²) in [6.07, 6.45) is 2.37. The van der Waals surface area contributed by atoms with Gasteiger partial charge in [-0.3, -0.25) is 4.79 Å². The fourth-order valence-corrected chi connectivity index (χ4v) is 3.87. The molecule has 158 valence electrons. The lowest BCUT2D eigenvalue weighted by Gasteiger charge is -2.15. The summed E-state index contributed by atoms with van der Waals surface area (Å²) in [7, 11) is 0. The lowest BCUT2D eigenvalue weighted by Crippen LogP contribution is -2.16. The average Bonchev–Trinajstić information content (AvgIpc) is 3.17. The van der Waals surface area contributed by atoms with Crippen LogP contribution in [0.25, 0.3) is 0 Å². The highest BCUT2D eigenvalue weighted by Gasteiger charge is 2.19. The number of benzene rings is 1. The molecule has 0 saturated heterocycles. The van der Waals surface area contributed by atoms with Crippen LogP contribution < -0.4 is 10.1 Å². The Morgan fingerprint density at radius 3 is 2.60 bits per heavy atom. The molecule has 3 rings (SSSR count). The topological polar surface area (TPSA) is 81.9 Å². The van der Waals surface area contributed by atoms with Gasteiger partial charge in [-0.05, 0) is 66.0 Å². The fraction of sp³-hybridized carbons (Fsp3) is 0.333. The van der Waals surface area contributed by atoms with Gasteiger partial charge in [0.25, 0.3) is 0 Å². The number of hydrogen-bond donors (Lipinski definition) is 1. The molecule has 0 aliphatic carbocycles. The van der Waals surface area contributed by atoms with Crippen molar-refractivity contribution < 1.29 is 9.53 Å². The molecule has 1 N–H and O–H groups in total. The normalized spacial score (nSPS) is 11.9. The molecule has 0 bridgehead atoms. The molecule has 1 unspecified atom stereocenters. The van der Waals surface area contributed by atoms with Crippen LogP contribution in [0.4, 0.5) is 5.82 Å². The zero-order valence-electron chi connectivity index (χ0n) is 17.1. The molecule has 2 heterocycles. The monoisotopic (exact) mass is 489 g/mol. The number of amides is 1. The van der Waals surface area contributed by atoms with Crippen molar-refractivity contribution in [2.24, 2.45) is 0 Å². The van der Waals surface area contributed by atoms with Crippen molar-refractivity contribution in [1.29, 1.82) is 0 Å². The molecular weight excluding hydrogens is 466 g/mol. The van der Waals surface area contributed by atoms with Gasteiger partial charge in [0.15, 0.2) is 17.1 Å². The van der Waals surface area contributed by atoms with Gasteiger partial charge < -0.3 is 14.6 Å². The van der Waals surface area contributed by atoms with Crippen molar-refractivity contribution in [1.82, 2.24) is 19.7 Å². The molecule has 0 fully saturated rings. The molecule has 1 aromatic carbocycles. The van der Waals surface area contributed by atoms with Crippen LogP contribution in [0.2, 0.25) is 0 Å². The van der Waals surface area contributed by atoms with Gasteiger partial charge in [0.1, 0.15) is 11.6 Å². The van der Waals surface area contributed by atoms with E-state index in [0.717, 1.165) is 22.5 Å². The van der Waals surface area contributed by atoms with E-state index in [1.165, 1.54) is 17.3 Å². The fourth-order valence-electron chi connectivity index (χ4n) is 2.82. The third-order valence-electron chi connectivity index (χ3n) is 4.40. The van der Waals surface area contributed by atoms with Crippen LogP contribution in [0.3, 0.4) is 0 Å². The lowest BCUT2D eigenvalue weighted by molar-refractivity contribution is -0.113. The van der Waals surface area contributed by atoms with Gasteiger partial charge in [0.05, 0.1) is 5.75 Å². The second-order valence-corrected chi connectivity index (χ2v) is 8.40. The van der Waals surface area contributed by atoms with Crippen molar-refractivity contribution in [2.45, 2.75) is 45.0 Å². The number of pyridine rings is 1. The average molecular weight is 490 g/mol. The third-order valence-corrected chi connectivity index (χ3v) is 5.83. The van der Waals surface area contributed by atoms with Crippen molar-refractivity contribution in [3.63, 3.8) is 0 Å². The molecule has 0 aliphatic rings. The smallest absolute Gasteiger partial charge is 0.236 e. The predicted molar refractivity (Wildman–Crippen MR) is 122 cm³/mol. The van der Waals surface area contributed by atoms with Crippen molar-refractivity contribution in [3.05, 3.63) is 58.5 Å². The Balaban J connectivity index is 1.61. The Labute approximate surface area is 188 Å². The highest BCUT2D eigenvalue weighted by Crippen LogP contribution is 2.25. The maximum absolute atomic E-state index is 12.2. The number of ether oxygens (including phenoxy) is 1. The summed E-state index contributed by atoms with van der Waals surface area (Å²) in [5.74, 6) is 2.10. The number of carbonyl (C=O) groups excluding carboxylic acids is 1. The second-order valence-electron chi connectivity index (χ2n) is 6.54. The quantitative estimate of drug-likeness (QED) is 0.431. The van der Waals surface area contributed by atoms with Crippen LogP contribution in [0.15, 0.2) is 52.2 Å². The Kier molecular flexibility index (Phi) is 7.87. The van der Waals surface area contributed by atoms with Crippen molar-refractivity contribution in [3.8, 4) is 5.75 Å². The first kappa shape index (κ1) is 22.3. The van der Waals surface area contributed by atoms with Gasteiger partial charge >= 0.3 is 0 Å². The van der Waals surface area contributed by atoms with Crippen molar-refractivity contribution >= 4 is 39.4 Å². The molecule has 9 heteroatoms. The Morgan fingerprint density at radius 2 is 1.97 bits per heavy atom. The number of carbonyl (C=O) groups is 1. The van der Waals surface area contributed by atoms with Crippen LogP contribution in [0, 0.1) is 0 Å². The first-order valence-corrected chi connectivity index (χ1v) is 11.5. The summed E-state index contributed by atoms with van der Waals surface area (Å²) in [5.41, 5.74) is 1.27. The van der Waals surface area contributed by atoms with E-state index in [9.17, 15) is 4.79 Å². The predicted octanol–water partition coefficient (Wildman–Crippen LogP) is 4.89. The number of hydrogen-bond acceptors (Lipinski definition) is 6. The van der Waals surface area contributed by atoms with Crippen molar-refractivity contribution in [2.75, 3.05) is 11.1 Å². The van der Waals surface area contributed by atoms with Gasteiger partial charge in [0.2, 0.25) is 5.91 Å². The lowest BCUT2D eigenvalue weighted by atomic mass is 10.2. The zero-order chi connectivity index (χ0) is 21.5. The minimum Gasteiger partial charge on any atom is -0.483 e. The largest absolute Gasteiger partial charge is 0.483 e. The van der Waals surface area contributed by atoms with E-state index in [0.29, 0.717) is 17.5 Å². The van der Waals surface area contributed by atoms with Crippen LogP contribution in [-0.4, -0.2) is 31.4 Å². The minimum absolute atomic E-state index is 0.151. The molecule has 3 aromatic rings. The number of nitrogens with zero attached hydrogens (tertiary/aromatic N) is 4. The summed E-state index contributed by atoms with van der Waals surface area (Å²) in [6.45, 7) is 6.77. The zero-order valence-corrected chi connectivity index (χ0v) is 19.5. The molecule has 1 amide bonds. The Hall–Kier alpha value is -2.39. The summed E-state index contributed by atoms with van der Waals surface area (Å²) in [4.78, 5) is 16.4. The molecule has 0 radical (unpaired) electrons. The maximum atomic E-state index is 12.2. The SMILES string of the molecule is CCc1ccc(OC(C)c2nnc(SCC(=O)Nc3ccc(Br)cn3)n2CC)cc1. The van der Waals surface area contributed by atoms with Crippen LogP contribution in [-0.2, 0) is 17.8 Å². The number of anilines is 1. The minimum atomic E-state index is -0.264. The molecule has 0 spiro atoms.